The summed E-state index contributed by atoms with van der Waals surface area (Å²) in [7, 11) is 0. The van der Waals surface area contributed by atoms with E-state index in [1.807, 2.05) is 0 Å². The van der Waals surface area contributed by atoms with Crippen LogP contribution < -0.4 is 0 Å². The van der Waals surface area contributed by atoms with Gasteiger partial charge in [0.25, 0.3) is 0 Å². The summed E-state index contributed by atoms with van der Waals surface area (Å²) in [6.07, 6.45) is 5.77. The Labute approximate surface area is 71.0 Å². The number of aliphatic hydroxyl groups excluding tert-OH is 1. The predicted octanol–water partition coefficient (Wildman–Crippen LogP) is 1.03. The van der Waals surface area contributed by atoms with Gasteiger partial charge in [-0.1, -0.05) is 12.8 Å². The molecule has 1 aliphatic carbocycles. The normalized spacial score (nSPS) is 19.4. The summed E-state index contributed by atoms with van der Waals surface area (Å²) >= 11 is 0. The minimum Gasteiger partial charge on any atom is -0.387 e. The fourth-order valence-corrected chi connectivity index (χ4v) is 1.32. The smallest absolute Gasteiger partial charge is 0.111 e. The van der Waals surface area contributed by atoms with E-state index in [0.29, 0.717) is 5.69 Å². The standard InChI is InChI=1S/C8H13N3O/c12-8(4-3-6-1-2-6)7-5-9-11-10-7/h5-6,8,12H,1-4H2,(H,9,10,11). The zero-order valence-electron chi connectivity index (χ0n) is 6.90. The summed E-state index contributed by atoms with van der Waals surface area (Å²) < 4.78 is 0. The topological polar surface area (TPSA) is 61.8 Å². The van der Waals surface area contributed by atoms with Gasteiger partial charge in [0, 0.05) is 0 Å². The second-order valence-electron chi connectivity index (χ2n) is 3.43. The quantitative estimate of drug-likeness (QED) is 0.704. The SMILES string of the molecule is OC(CCC1CC1)c1cn[nH]n1. The van der Waals surface area contributed by atoms with E-state index < -0.39 is 6.10 Å². The van der Waals surface area contributed by atoms with Crippen molar-refractivity contribution in [3.8, 4) is 0 Å². The van der Waals surface area contributed by atoms with Crippen LogP contribution >= 0.6 is 0 Å². The Bertz CT molecular complexity index is 230. The number of aliphatic hydroxyl groups is 1. The molecule has 4 nitrogen and oxygen atoms in total. The monoisotopic (exact) mass is 167 g/mol. The van der Waals surface area contributed by atoms with Gasteiger partial charge in [-0.25, -0.2) is 0 Å². The van der Waals surface area contributed by atoms with E-state index in [0.717, 1.165) is 18.8 Å². The maximum absolute atomic E-state index is 9.56. The number of H-pyrrole nitrogens is 1. The first kappa shape index (κ1) is 7.73. The van der Waals surface area contributed by atoms with Crippen molar-refractivity contribution in [3.05, 3.63) is 11.9 Å². The lowest BCUT2D eigenvalue weighted by molar-refractivity contribution is 0.157. The molecule has 12 heavy (non-hydrogen) atoms. The first-order chi connectivity index (χ1) is 5.86. The van der Waals surface area contributed by atoms with Crippen LogP contribution in [0.4, 0.5) is 0 Å². The van der Waals surface area contributed by atoms with Crippen molar-refractivity contribution < 1.29 is 5.11 Å². The highest BCUT2D eigenvalue weighted by atomic mass is 16.3. The van der Waals surface area contributed by atoms with Crippen molar-refractivity contribution in [3.63, 3.8) is 0 Å². The van der Waals surface area contributed by atoms with Gasteiger partial charge in [-0.3, -0.25) is 0 Å². The van der Waals surface area contributed by atoms with Crippen LogP contribution in [0.1, 0.15) is 37.5 Å². The van der Waals surface area contributed by atoms with E-state index in [9.17, 15) is 5.11 Å². The highest BCUT2D eigenvalue weighted by molar-refractivity contribution is 4.95. The second-order valence-corrected chi connectivity index (χ2v) is 3.43. The van der Waals surface area contributed by atoms with Crippen LogP contribution in [0.2, 0.25) is 0 Å². The van der Waals surface area contributed by atoms with Crippen LogP contribution in [0.5, 0.6) is 0 Å². The van der Waals surface area contributed by atoms with Crippen LogP contribution in [-0.2, 0) is 0 Å². The highest BCUT2D eigenvalue weighted by Gasteiger charge is 2.22. The number of aromatic nitrogens is 3. The molecule has 0 aromatic carbocycles. The Morgan fingerprint density at radius 2 is 2.50 bits per heavy atom. The van der Waals surface area contributed by atoms with Gasteiger partial charge in [-0.2, -0.15) is 15.4 Å². The lowest BCUT2D eigenvalue weighted by Gasteiger charge is -2.04. The Hall–Kier alpha value is -0.900. The number of nitrogens with one attached hydrogen (secondary N) is 1. The number of hydrogen-bond donors (Lipinski definition) is 2. The van der Waals surface area contributed by atoms with Crippen LogP contribution in [0.3, 0.4) is 0 Å². The average molecular weight is 167 g/mol. The molecule has 0 saturated heterocycles. The minimum atomic E-state index is -0.427. The molecular formula is C8H13N3O. The Balaban J connectivity index is 1.79. The molecule has 0 aliphatic heterocycles. The van der Waals surface area contributed by atoms with E-state index >= 15 is 0 Å². The van der Waals surface area contributed by atoms with E-state index in [1.165, 1.54) is 12.8 Å². The molecule has 1 atom stereocenters. The average Bonchev–Trinajstić information content (AvgIpc) is 2.74. The fourth-order valence-electron chi connectivity index (χ4n) is 1.32. The largest absolute Gasteiger partial charge is 0.387 e. The molecule has 1 heterocycles. The molecule has 4 heteroatoms. The van der Waals surface area contributed by atoms with Crippen molar-refractivity contribution in [2.75, 3.05) is 0 Å². The van der Waals surface area contributed by atoms with E-state index in [2.05, 4.69) is 15.4 Å². The van der Waals surface area contributed by atoms with Gasteiger partial charge in [0.05, 0.1) is 12.3 Å². The molecule has 1 fully saturated rings. The third-order valence-corrected chi connectivity index (χ3v) is 2.32. The second kappa shape index (κ2) is 3.23. The molecule has 2 rings (SSSR count). The van der Waals surface area contributed by atoms with E-state index in [-0.39, 0.29) is 0 Å². The molecular weight excluding hydrogens is 154 g/mol. The summed E-state index contributed by atoms with van der Waals surface area (Å²) in [4.78, 5) is 0. The number of hydrogen-bond acceptors (Lipinski definition) is 3. The first-order valence-corrected chi connectivity index (χ1v) is 4.40. The summed E-state index contributed by atoms with van der Waals surface area (Å²) in [5.74, 6) is 0.867. The maximum atomic E-state index is 9.56. The van der Waals surface area contributed by atoms with Crippen LogP contribution in [0.25, 0.3) is 0 Å². The molecule has 66 valence electrons. The maximum Gasteiger partial charge on any atom is 0.111 e. The molecule has 1 aromatic rings. The van der Waals surface area contributed by atoms with Gasteiger partial charge in [0.2, 0.25) is 0 Å². The lowest BCUT2D eigenvalue weighted by Crippen LogP contribution is -1.98. The highest BCUT2D eigenvalue weighted by Crippen LogP contribution is 2.35. The number of aromatic amines is 1. The third kappa shape index (κ3) is 1.82. The Kier molecular flexibility index (Phi) is 2.08. The van der Waals surface area contributed by atoms with Crippen LogP contribution in [0, 0.1) is 5.92 Å². The first-order valence-electron chi connectivity index (χ1n) is 4.40. The Morgan fingerprint density at radius 1 is 1.67 bits per heavy atom. The van der Waals surface area contributed by atoms with Crippen molar-refractivity contribution >= 4 is 0 Å². The fraction of sp³-hybridized carbons (Fsp3) is 0.750. The van der Waals surface area contributed by atoms with Crippen LogP contribution in [0.15, 0.2) is 6.20 Å². The van der Waals surface area contributed by atoms with Gasteiger partial charge in [0.15, 0.2) is 0 Å². The minimum absolute atomic E-state index is 0.427. The molecule has 1 saturated carbocycles. The van der Waals surface area contributed by atoms with Crippen molar-refractivity contribution in [2.45, 2.75) is 31.8 Å². The van der Waals surface area contributed by atoms with Gasteiger partial charge >= 0.3 is 0 Å². The molecule has 0 radical (unpaired) electrons. The number of rotatable bonds is 4. The molecule has 1 unspecified atom stereocenters. The molecule has 0 amide bonds. The Morgan fingerprint density at radius 3 is 3.08 bits per heavy atom. The molecule has 2 N–H and O–H groups in total. The predicted molar refractivity (Wildman–Crippen MR) is 43.3 cm³/mol. The zero-order valence-corrected chi connectivity index (χ0v) is 6.90. The van der Waals surface area contributed by atoms with Gasteiger partial charge in [-0.05, 0) is 18.8 Å². The van der Waals surface area contributed by atoms with Crippen molar-refractivity contribution in [1.82, 2.24) is 15.4 Å². The molecule has 1 aliphatic rings. The summed E-state index contributed by atoms with van der Waals surface area (Å²) in [5, 5.41) is 19.5. The molecule has 1 aromatic heterocycles. The van der Waals surface area contributed by atoms with Gasteiger partial charge < -0.3 is 5.11 Å². The summed E-state index contributed by atoms with van der Waals surface area (Å²) in [5.41, 5.74) is 0.663. The van der Waals surface area contributed by atoms with Gasteiger partial charge in [-0.15, -0.1) is 0 Å². The third-order valence-electron chi connectivity index (χ3n) is 2.32. The zero-order chi connectivity index (χ0) is 8.39. The van der Waals surface area contributed by atoms with E-state index in [1.54, 1.807) is 6.20 Å². The summed E-state index contributed by atoms with van der Waals surface area (Å²) in [6.45, 7) is 0. The lowest BCUT2D eigenvalue weighted by atomic mass is 10.1. The van der Waals surface area contributed by atoms with E-state index in [4.69, 9.17) is 0 Å². The van der Waals surface area contributed by atoms with Gasteiger partial charge in [0.1, 0.15) is 5.69 Å². The number of nitrogens with zero attached hydrogens (tertiary/aromatic N) is 2. The molecule has 0 spiro atoms. The summed E-state index contributed by atoms with van der Waals surface area (Å²) in [6, 6.07) is 0. The molecule has 0 bridgehead atoms. The van der Waals surface area contributed by atoms with Crippen molar-refractivity contribution in [1.29, 1.82) is 0 Å². The van der Waals surface area contributed by atoms with Crippen LogP contribution in [-0.4, -0.2) is 20.5 Å². The van der Waals surface area contributed by atoms with Crippen molar-refractivity contribution in [2.24, 2.45) is 5.92 Å².